The lowest BCUT2D eigenvalue weighted by atomic mass is 10.3. The van der Waals surface area contributed by atoms with E-state index >= 15 is 0 Å². The van der Waals surface area contributed by atoms with Crippen molar-refractivity contribution in [1.82, 2.24) is 4.74 Å². The van der Waals surface area contributed by atoms with Crippen LogP contribution in [0.3, 0.4) is 0 Å². The van der Waals surface area contributed by atoms with Gasteiger partial charge in [-0.2, -0.15) is 0 Å². The van der Waals surface area contributed by atoms with E-state index < -0.39 is 11.5 Å². The van der Waals surface area contributed by atoms with Crippen molar-refractivity contribution in [3.05, 3.63) is 33.0 Å². The SMILES string of the molecule is CC(=O)n1oc2ccc(Br)cc2c1=O. The molecule has 0 aliphatic rings. The maximum absolute atomic E-state index is 11.5. The summed E-state index contributed by atoms with van der Waals surface area (Å²) in [5.74, 6) is -0.428. The number of fused-ring (bicyclic) bond motifs is 1. The highest BCUT2D eigenvalue weighted by atomic mass is 79.9. The molecule has 0 N–H and O–H groups in total. The van der Waals surface area contributed by atoms with Crippen LogP contribution in [0.1, 0.15) is 11.7 Å². The molecule has 14 heavy (non-hydrogen) atoms. The van der Waals surface area contributed by atoms with Gasteiger partial charge in [-0.15, -0.1) is 4.74 Å². The third-order valence-electron chi connectivity index (χ3n) is 1.83. The first-order valence-electron chi connectivity index (χ1n) is 3.92. The Kier molecular flexibility index (Phi) is 2.03. The van der Waals surface area contributed by atoms with Crippen LogP contribution in [0, 0.1) is 0 Å². The van der Waals surface area contributed by atoms with Gasteiger partial charge < -0.3 is 4.52 Å². The molecule has 2 rings (SSSR count). The van der Waals surface area contributed by atoms with Crippen LogP contribution in [0.2, 0.25) is 0 Å². The summed E-state index contributed by atoms with van der Waals surface area (Å²) in [6, 6.07) is 5.01. The van der Waals surface area contributed by atoms with Crippen LogP contribution in [0.25, 0.3) is 11.0 Å². The fourth-order valence-electron chi connectivity index (χ4n) is 1.21. The number of halogens is 1. The lowest BCUT2D eigenvalue weighted by Crippen LogP contribution is -2.19. The molecular weight excluding hydrogens is 250 g/mol. The van der Waals surface area contributed by atoms with E-state index in [1.54, 1.807) is 18.2 Å². The molecule has 0 aliphatic carbocycles. The second-order valence-electron chi connectivity index (χ2n) is 2.85. The summed E-state index contributed by atoms with van der Waals surface area (Å²) in [6.07, 6.45) is 0. The normalized spacial score (nSPS) is 10.7. The molecule has 0 atom stereocenters. The third kappa shape index (κ3) is 1.29. The van der Waals surface area contributed by atoms with E-state index in [-0.39, 0.29) is 0 Å². The predicted molar refractivity (Wildman–Crippen MR) is 54.5 cm³/mol. The smallest absolute Gasteiger partial charge is 0.298 e. The zero-order valence-electron chi connectivity index (χ0n) is 7.28. The Balaban J connectivity index is 2.88. The average Bonchev–Trinajstić information content (AvgIpc) is 2.44. The summed E-state index contributed by atoms with van der Waals surface area (Å²) in [5.41, 5.74) is -0.0119. The molecule has 4 nitrogen and oxygen atoms in total. The summed E-state index contributed by atoms with van der Waals surface area (Å²) in [6.45, 7) is 1.28. The monoisotopic (exact) mass is 255 g/mol. The zero-order chi connectivity index (χ0) is 10.3. The molecule has 1 aromatic carbocycles. The van der Waals surface area contributed by atoms with Crippen LogP contribution in [-0.4, -0.2) is 10.6 Å². The number of hydrogen-bond donors (Lipinski definition) is 0. The van der Waals surface area contributed by atoms with E-state index in [0.717, 1.165) is 9.21 Å². The first-order valence-corrected chi connectivity index (χ1v) is 4.71. The van der Waals surface area contributed by atoms with E-state index in [9.17, 15) is 9.59 Å². The Bertz CT molecular complexity index is 567. The topological polar surface area (TPSA) is 52.2 Å². The molecule has 0 unspecified atom stereocenters. The van der Waals surface area contributed by atoms with Crippen LogP contribution in [0.15, 0.2) is 32.0 Å². The summed E-state index contributed by atoms with van der Waals surface area (Å²) in [4.78, 5) is 22.5. The van der Waals surface area contributed by atoms with Crippen molar-refractivity contribution in [2.24, 2.45) is 0 Å². The van der Waals surface area contributed by atoms with Gasteiger partial charge in [-0.05, 0) is 18.2 Å². The van der Waals surface area contributed by atoms with Gasteiger partial charge in [0.25, 0.3) is 11.5 Å². The molecule has 0 aliphatic heterocycles. The van der Waals surface area contributed by atoms with Crippen molar-refractivity contribution < 1.29 is 9.32 Å². The maximum Gasteiger partial charge on any atom is 0.298 e. The molecule has 72 valence electrons. The van der Waals surface area contributed by atoms with Crippen molar-refractivity contribution in [2.75, 3.05) is 0 Å². The van der Waals surface area contributed by atoms with Crippen LogP contribution in [0.5, 0.6) is 0 Å². The number of benzene rings is 1. The van der Waals surface area contributed by atoms with Crippen molar-refractivity contribution >= 4 is 32.8 Å². The summed E-state index contributed by atoms with van der Waals surface area (Å²) in [5, 5.41) is 0.398. The Morgan fingerprint density at radius 1 is 1.50 bits per heavy atom. The molecule has 0 saturated carbocycles. The summed E-state index contributed by atoms with van der Waals surface area (Å²) in [7, 11) is 0. The van der Waals surface area contributed by atoms with Gasteiger partial charge in [0, 0.05) is 11.4 Å². The zero-order valence-corrected chi connectivity index (χ0v) is 8.87. The highest BCUT2D eigenvalue weighted by Gasteiger charge is 2.11. The largest absolute Gasteiger partial charge is 0.368 e. The molecule has 0 radical (unpaired) electrons. The highest BCUT2D eigenvalue weighted by molar-refractivity contribution is 9.10. The van der Waals surface area contributed by atoms with Gasteiger partial charge in [0.05, 0.1) is 5.39 Å². The minimum atomic E-state index is -0.428. The second-order valence-corrected chi connectivity index (χ2v) is 3.77. The van der Waals surface area contributed by atoms with E-state index in [2.05, 4.69) is 15.9 Å². The number of carbonyl (C=O) groups excluding carboxylic acids is 1. The van der Waals surface area contributed by atoms with Crippen LogP contribution in [0.4, 0.5) is 0 Å². The summed E-state index contributed by atoms with van der Waals surface area (Å²) >= 11 is 3.24. The van der Waals surface area contributed by atoms with E-state index in [1.807, 2.05) is 0 Å². The Hall–Kier alpha value is -1.36. The Morgan fingerprint density at radius 2 is 2.21 bits per heavy atom. The Labute approximate surface area is 87.2 Å². The molecule has 2 aromatic rings. The molecule has 0 amide bonds. The van der Waals surface area contributed by atoms with Gasteiger partial charge in [0.1, 0.15) is 0 Å². The minimum Gasteiger partial charge on any atom is -0.368 e. The molecule has 0 fully saturated rings. The number of aromatic nitrogens is 1. The molecule has 0 saturated heterocycles. The molecular formula is C9H6BrNO3. The van der Waals surface area contributed by atoms with Crippen molar-refractivity contribution in [2.45, 2.75) is 6.92 Å². The molecule has 5 heteroatoms. The predicted octanol–water partition coefficient (Wildman–Crippen LogP) is 2.02. The summed E-state index contributed by atoms with van der Waals surface area (Å²) < 4.78 is 6.57. The van der Waals surface area contributed by atoms with Gasteiger partial charge in [-0.25, -0.2) is 0 Å². The molecule has 1 heterocycles. The molecule has 1 aromatic heterocycles. The number of carbonyl (C=O) groups is 1. The molecule has 0 spiro atoms. The Morgan fingerprint density at radius 3 is 2.86 bits per heavy atom. The highest BCUT2D eigenvalue weighted by Crippen LogP contribution is 2.17. The van der Waals surface area contributed by atoms with Crippen LogP contribution in [-0.2, 0) is 0 Å². The lowest BCUT2D eigenvalue weighted by molar-refractivity contribution is 0.0825. The fourth-order valence-corrected chi connectivity index (χ4v) is 1.57. The lowest BCUT2D eigenvalue weighted by Gasteiger charge is -1.87. The first-order chi connectivity index (χ1) is 6.59. The standard InChI is InChI=1S/C9H6BrNO3/c1-5(12)11-9(13)7-4-6(10)2-3-8(7)14-11/h2-4H,1H3. The fraction of sp³-hybridized carbons (Fsp3) is 0.111. The van der Waals surface area contributed by atoms with Crippen LogP contribution < -0.4 is 5.56 Å². The number of hydrogen-bond acceptors (Lipinski definition) is 3. The minimum absolute atomic E-state index is 0.398. The third-order valence-corrected chi connectivity index (χ3v) is 2.33. The van der Waals surface area contributed by atoms with Gasteiger partial charge in [0.15, 0.2) is 5.58 Å². The van der Waals surface area contributed by atoms with E-state index in [1.165, 1.54) is 6.92 Å². The quantitative estimate of drug-likeness (QED) is 0.724. The van der Waals surface area contributed by atoms with E-state index in [0.29, 0.717) is 11.0 Å². The van der Waals surface area contributed by atoms with Crippen molar-refractivity contribution in [3.8, 4) is 0 Å². The number of nitrogens with zero attached hydrogens (tertiary/aromatic N) is 1. The van der Waals surface area contributed by atoms with Crippen molar-refractivity contribution in [3.63, 3.8) is 0 Å². The molecule has 0 bridgehead atoms. The van der Waals surface area contributed by atoms with Gasteiger partial charge in [0.2, 0.25) is 0 Å². The maximum atomic E-state index is 11.5. The second kappa shape index (κ2) is 3.09. The number of rotatable bonds is 0. The van der Waals surface area contributed by atoms with E-state index in [4.69, 9.17) is 4.52 Å². The van der Waals surface area contributed by atoms with Crippen molar-refractivity contribution in [1.29, 1.82) is 0 Å². The van der Waals surface area contributed by atoms with Gasteiger partial charge in [-0.1, -0.05) is 15.9 Å². The van der Waals surface area contributed by atoms with Crippen LogP contribution >= 0.6 is 15.9 Å². The average molecular weight is 256 g/mol. The first kappa shape index (κ1) is 9.21. The van der Waals surface area contributed by atoms with Gasteiger partial charge in [-0.3, -0.25) is 9.59 Å². The van der Waals surface area contributed by atoms with Gasteiger partial charge >= 0.3 is 0 Å².